The van der Waals surface area contributed by atoms with Crippen molar-refractivity contribution in [3.8, 4) is 0 Å². The first kappa shape index (κ1) is 21.8. The van der Waals surface area contributed by atoms with Crippen LogP contribution in [0.15, 0.2) is 23.6 Å². The molecule has 8 nitrogen and oxygen atoms in total. The van der Waals surface area contributed by atoms with Crippen molar-refractivity contribution in [2.45, 2.75) is 70.2 Å². The fourth-order valence-corrected chi connectivity index (χ4v) is 4.99. The van der Waals surface area contributed by atoms with Crippen LogP contribution in [0.25, 0.3) is 0 Å². The second kappa shape index (κ2) is 9.80. The van der Waals surface area contributed by atoms with Crippen LogP contribution < -0.4 is 5.32 Å². The Kier molecular flexibility index (Phi) is 6.89. The summed E-state index contributed by atoms with van der Waals surface area (Å²) in [6.07, 6.45) is 8.44. The number of thioether (sulfide) groups is 1. The van der Waals surface area contributed by atoms with Crippen LogP contribution in [0.5, 0.6) is 0 Å². The van der Waals surface area contributed by atoms with E-state index >= 15 is 0 Å². The summed E-state index contributed by atoms with van der Waals surface area (Å²) >= 11 is 1.34. The lowest BCUT2D eigenvalue weighted by atomic mass is 10.0. The average Bonchev–Trinajstić information content (AvgIpc) is 3.40. The van der Waals surface area contributed by atoms with Crippen molar-refractivity contribution in [1.29, 1.82) is 0 Å². The molecule has 166 valence electrons. The largest absolute Gasteiger partial charge is 0.348 e. The van der Waals surface area contributed by atoms with E-state index in [4.69, 9.17) is 5.10 Å². The van der Waals surface area contributed by atoms with Gasteiger partial charge in [-0.15, -0.1) is 0 Å². The van der Waals surface area contributed by atoms with Crippen molar-refractivity contribution < 1.29 is 9.59 Å². The minimum Gasteiger partial charge on any atom is -0.348 e. The summed E-state index contributed by atoms with van der Waals surface area (Å²) in [7, 11) is 0. The Morgan fingerprint density at radius 1 is 1.23 bits per heavy atom. The molecule has 9 heteroatoms. The smallest absolute Gasteiger partial charge is 0.272 e. The molecule has 4 rings (SSSR count). The standard InChI is InChI=1S/C22H30N6O2S/c1-15(2)12-28-18-8-11-27(19(29)14-31-22-23-9-5-10-24-22)13-17(18)20(26-28)21(30)25-16-6-3-4-7-16/h5,9-10,15-16H,3-4,6-8,11-14H2,1-2H3,(H,25,30). The van der Waals surface area contributed by atoms with Gasteiger partial charge in [-0.25, -0.2) is 9.97 Å². The third-order valence-electron chi connectivity index (χ3n) is 5.80. The monoisotopic (exact) mass is 442 g/mol. The fraction of sp³-hybridized carbons (Fsp3) is 0.591. The number of carbonyl (C=O) groups is 2. The first-order valence-electron chi connectivity index (χ1n) is 11.1. The molecule has 31 heavy (non-hydrogen) atoms. The van der Waals surface area contributed by atoms with Gasteiger partial charge in [-0.05, 0) is 24.8 Å². The topological polar surface area (TPSA) is 93.0 Å². The van der Waals surface area contributed by atoms with Gasteiger partial charge in [-0.3, -0.25) is 14.3 Å². The highest BCUT2D eigenvalue weighted by atomic mass is 32.2. The SMILES string of the molecule is CC(C)Cn1nc(C(=O)NC2CCCC2)c2c1CCN(C(=O)CSc1ncccn1)C2. The Bertz CT molecular complexity index is 924. The second-order valence-electron chi connectivity index (χ2n) is 8.69. The van der Waals surface area contributed by atoms with Crippen LogP contribution in [0.4, 0.5) is 0 Å². The lowest BCUT2D eigenvalue weighted by Crippen LogP contribution is -2.39. The Labute approximate surface area is 187 Å². The van der Waals surface area contributed by atoms with E-state index in [1.54, 1.807) is 18.5 Å². The van der Waals surface area contributed by atoms with E-state index in [0.717, 1.165) is 43.5 Å². The molecule has 0 bridgehead atoms. The van der Waals surface area contributed by atoms with Crippen LogP contribution in [-0.4, -0.2) is 54.8 Å². The Balaban J connectivity index is 1.49. The van der Waals surface area contributed by atoms with Gasteiger partial charge in [0, 0.05) is 55.7 Å². The summed E-state index contributed by atoms with van der Waals surface area (Å²) in [5, 5.41) is 8.46. The first-order chi connectivity index (χ1) is 15.0. The minimum atomic E-state index is -0.105. The Morgan fingerprint density at radius 3 is 2.68 bits per heavy atom. The van der Waals surface area contributed by atoms with E-state index in [2.05, 4.69) is 29.1 Å². The van der Waals surface area contributed by atoms with E-state index in [9.17, 15) is 9.59 Å². The van der Waals surface area contributed by atoms with Gasteiger partial charge >= 0.3 is 0 Å². The molecule has 0 spiro atoms. The highest BCUT2D eigenvalue weighted by Gasteiger charge is 2.31. The zero-order chi connectivity index (χ0) is 21.8. The Hall–Kier alpha value is -2.42. The highest BCUT2D eigenvalue weighted by Crippen LogP contribution is 2.26. The quantitative estimate of drug-likeness (QED) is 0.523. The summed E-state index contributed by atoms with van der Waals surface area (Å²) in [6, 6.07) is 1.99. The maximum Gasteiger partial charge on any atom is 0.272 e. The predicted octanol–water partition coefficient (Wildman–Crippen LogP) is 2.68. The summed E-state index contributed by atoms with van der Waals surface area (Å²) < 4.78 is 1.98. The van der Waals surface area contributed by atoms with Crippen LogP contribution >= 0.6 is 11.8 Å². The predicted molar refractivity (Wildman–Crippen MR) is 119 cm³/mol. The van der Waals surface area contributed by atoms with Crippen molar-refractivity contribution in [3.63, 3.8) is 0 Å². The van der Waals surface area contributed by atoms with E-state index in [0.29, 0.717) is 36.3 Å². The zero-order valence-electron chi connectivity index (χ0n) is 18.2. The number of amides is 2. The van der Waals surface area contributed by atoms with Crippen molar-refractivity contribution >= 4 is 23.6 Å². The molecule has 2 amide bonds. The first-order valence-corrected chi connectivity index (χ1v) is 12.1. The number of hydrogen-bond donors (Lipinski definition) is 1. The molecule has 0 saturated heterocycles. The lowest BCUT2D eigenvalue weighted by Gasteiger charge is -2.28. The number of nitrogens with one attached hydrogen (secondary N) is 1. The number of aromatic nitrogens is 4. The van der Waals surface area contributed by atoms with Crippen LogP contribution in [0, 0.1) is 5.92 Å². The van der Waals surface area contributed by atoms with Gasteiger partial charge in [0.25, 0.3) is 5.91 Å². The van der Waals surface area contributed by atoms with Crippen LogP contribution in [0.3, 0.4) is 0 Å². The fourth-order valence-electron chi connectivity index (χ4n) is 4.28. The van der Waals surface area contributed by atoms with Crippen LogP contribution in [0.1, 0.15) is 61.3 Å². The van der Waals surface area contributed by atoms with Crippen molar-refractivity contribution in [3.05, 3.63) is 35.4 Å². The van der Waals surface area contributed by atoms with E-state index in [1.807, 2.05) is 9.58 Å². The number of fused-ring (bicyclic) bond motifs is 1. The van der Waals surface area contributed by atoms with E-state index in [1.165, 1.54) is 11.8 Å². The van der Waals surface area contributed by atoms with Gasteiger partial charge in [0.05, 0.1) is 5.75 Å². The Morgan fingerprint density at radius 2 is 1.97 bits per heavy atom. The molecule has 1 N–H and O–H groups in total. The van der Waals surface area contributed by atoms with Gasteiger partial charge in [0.2, 0.25) is 5.91 Å². The number of rotatable bonds is 7. The number of nitrogens with zero attached hydrogens (tertiary/aromatic N) is 5. The molecule has 1 saturated carbocycles. The summed E-state index contributed by atoms with van der Waals surface area (Å²) in [6.45, 7) is 6.13. The lowest BCUT2D eigenvalue weighted by molar-refractivity contribution is -0.129. The third-order valence-corrected chi connectivity index (χ3v) is 6.66. The zero-order valence-corrected chi connectivity index (χ0v) is 19.0. The molecule has 2 aromatic heterocycles. The van der Waals surface area contributed by atoms with Gasteiger partial charge < -0.3 is 10.2 Å². The molecule has 1 aliphatic carbocycles. The van der Waals surface area contributed by atoms with Crippen LogP contribution in [0.2, 0.25) is 0 Å². The molecule has 1 aliphatic heterocycles. The molecule has 0 aromatic carbocycles. The molecule has 2 aromatic rings. The van der Waals surface area contributed by atoms with E-state index in [-0.39, 0.29) is 23.6 Å². The molecule has 1 fully saturated rings. The molecule has 3 heterocycles. The summed E-state index contributed by atoms with van der Waals surface area (Å²) in [5.74, 6) is 0.633. The minimum absolute atomic E-state index is 0.0295. The molecular weight excluding hydrogens is 412 g/mol. The second-order valence-corrected chi connectivity index (χ2v) is 9.63. The maximum atomic E-state index is 13.0. The van der Waals surface area contributed by atoms with Crippen molar-refractivity contribution in [1.82, 2.24) is 30.0 Å². The van der Waals surface area contributed by atoms with Gasteiger partial charge in [0.1, 0.15) is 0 Å². The van der Waals surface area contributed by atoms with Crippen molar-refractivity contribution in [2.75, 3.05) is 12.3 Å². The molecule has 0 radical (unpaired) electrons. The van der Waals surface area contributed by atoms with Gasteiger partial charge in [0.15, 0.2) is 10.9 Å². The highest BCUT2D eigenvalue weighted by molar-refractivity contribution is 7.99. The molecular formula is C22H30N6O2S. The van der Waals surface area contributed by atoms with Gasteiger partial charge in [-0.2, -0.15) is 5.10 Å². The number of carbonyl (C=O) groups excluding carboxylic acids is 2. The third kappa shape index (κ3) is 5.26. The molecule has 0 atom stereocenters. The maximum absolute atomic E-state index is 13.0. The van der Waals surface area contributed by atoms with Crippen molar-refractivity contribution in [2.24, 2.45) is 5.92 Å². The van der Waals surface area contributed by atoms with Gasteiger partial charge in [-0.1, -0.05) is 38.5 Å². The van der Waals surface area contributed by atoms with E-state index < -0.39 is 0 Å². The average molecular weight is 443 g/mol. The summed E-state index contributed by atoms with van der Waals surface area (Å²) in [5.41, 5.74) is 2.48. The normalized spacial score (nSPS) is 16.5. The summed E-state index contributed by atoms with van der Waals surface area (Å²) in [4.78, 5) is 36.0. The molecule has 0 unspecified atom stereocenters. The molecule has 2 aliphatic rings. The number of hydrogen-bond acceptors (Lipinski definition) is 6. The van der Waals surface area contributed by atoms with Crippen LogP contribution in [-0.2, 0) is 24.3 Å².